The van der Waals surface area contributed by atoms with Crippen molar-refractivity contribution in [2.45, 2.75) is 18.9 Å². The van der Waals surface area contributed by atoms with E-state index in [1.807, 2.05) is 12.1 Å². The topological polar surface area (TPSA) is 47.3 Å². The zero-order valence-corrected chi connectivity index (χ0v) is 15.5. The minimum absolute atomic E-state index is 0.121. The highest BCUT2D eigenvalue weighted by Gasteiger charge is 2.13. The third-order valence-electron chi connectivity index (χ3n) is 3.42. The summed E-state index contributed by atoms with van der Waals surface area (Å²) in [5.74, 6) is 6.62. The van der Waals surface area contributed by atoms with E-state index in [0.717, 1.165) is 23.1 Å². The van der Waals surface area contributed by atoms with Crippen LogP contribution in [0, 0.1) is 3.57 Å². The molecule has 1 atom stereocenters. The van der Waals surface area contributed by atoms with Crippen LogP contribution in [0.25, 0.3) is 0 Å². The predicted octanol–water partition coefficient (Wildman–Crippen LogP) is 4.20. The highest BCUT2D eigenvalue weighted by molar-refractivity contribution is 14.1. The van der Waals surface area contributed by atoms with Crippen LogP contribution in [0.4, 0.5) is 0 Å². The minimum Gasteiger partial charge on any atom is -0.497 e. The normalized spacial score (nSPS) is 12.2. The number of nitrogens with one attached hydrogen (secondary N) is 1. The Kier molecular flexibility index (Phi) is 6.47. The molecule has 0 saturated carbocycles. The van der Waals surface area contributed by atoms with E-state index in [4.69, 9.17) is 10.6 Å². The summed E-state index contributed by atoms with van der Waals surface area (Å²) >= 11 is 5.92. The van der Waals surface area contributed by atoms with E-state index in [9.17, 15) is 0 Å². The zero-order valence-electron chi connectivity index (χ0n) is 11.8. The third kappa shape index (κ3) is 4.67. The zero-order chi connectivity index (χ0) is 15.2. The molecule has 21 heavy (non-hydrogen) atoms. The van der Waals surface area contributed by atoms with Gasteiger partial charge in [-0.3, -0.25) is 11.3 Å². The molecular weight excluding hydrogens is 443 g/mol. The molecule has 112 valence electrons. The summed E-state index contributed by atoms with van der Waals surface area (Å²) < 4.78 is 7.46. The van der Waals surface area contributed by atoms with Crippen LogP contribution in [0.2, 0.25) is 0 Å². The summed E-state index contributed by atoms with van der Waals surface area (Å²) in [6, 6.07) is 14.6. The Morgan fingerprint density at radius 1 is 1.24 bits per heavy atom. The van der Waals surface area contributed by atoms with E-state index in [1.54, 1.807) is 7.11 Å². The predicted molar refractivity (Wildman–Crippen MR) is 98.2 cm³/mol. The number of hydrogen-bond donors (Lipinski definition) is 2. The standard InChI is InChI=1S/C16H18BrIN2O/c1-21-13-6-2-11(3-7-13)4-9-16(20-19)14-10-12(18)5-8-15(14)17/h2-3,5-8,10,16,20H,4,9,19H2,1H3. The lowest BCUT2D eigenvalue weighted by molar-refractivity contribution is 0.414. The maximum Gasteiger partial charge on any atom is 0.118 e. The van der Waals surface area contributed by atoms with Crippen molar-refractivity contribution >= 4 is 38.5 Å². The number of methoxy groups -OCH3 is 1. The van der Waals surface area contributed by atoms with Crippen molar-refractivity contribution in [1.82, 2.24) is 5.43 Å². The quantitative estimate of drug-likeness (QED) is 0.386. The molecule has 0 aliphatic heterocycles. The van der Waals surface area contributed by atoms with E-state index >= 15 is 0 Å². The first-order valence-electron chi connectivity index (χ1n) is 6.68. The summed E-state index contributed by atoms with van der Waals surface area (Å²) in [5.41, 5.74) is 5.39. The lowest BCUT2D eigenvalue weighted by Gasteiger charge is -2.18. The van der Waals surface area contributed by atoms with Crippen LogP contribution in [0.15, 0.2) is 46.9 Å². The second-order valence-electron chi connectivity index (χ2n) is 4.77. The fourth-order valence-electron chi connectivity index (χ4n) is 2.21. The van der Waals surface area contributed by atoms with Crippen LogP contribution >= 0.6 is 38.5 Å². The summed E-state index contributed by atoms with van der Waals surface area (Å²) in [7, 11) is 1.68. The van der Waals surface area contributed by atoms with Crippen molar-refractivity contribution in [3.63, 3.8) is 0 Å². The molecule has 3 N–H and O–H groups in total. The van der Waals surface area contributed by atoms with Gasteiger partial charge in [0.1, 0.15) is 5.75 Å². The fraction of sp³-hybridized carbons (Fsp3) is 0.250. The smallest absolute Gasteiger partial charge is 0.118 e. The molecule has 2 aromatic rings. The van der Waals surface area contributed by atoms with Crippen LogP contribution in [0.3, 0.4) is 0 Å². The van der Waals surface area contributed by atoms with Gasteiger partial charge < -0.3 is 4.74 Å². The van der Waals surface area contributed by atoms with Gasteiger partial charge in [-0.15, -0.1) is 0 Å². The first kappa shape index (κ1) is 16.7. The molecule has 0 amide bonds. The number of ether oxygens (including phenoxy) is 1. The largest absolute Gasteiger partial charge is 0.497 e. The summed E-state index contributed by atoms with van der Waals surface area (Å²) in [5, 5.41) is 0. The Morgan fingerprint density at radius 3 is 2.57 bits per heavy atom. The Hall–Kier alpha value is -0.630. The number of hydrogen-bond acceptors (Lipinski definition) is 3. The van der Waals surface area contributed by atoms with E-state index in [0.29, 0.717) is 0 Å². The molecule has 0 radical (unpaired) electrons. The molecule has 1 unspecified atom stereocenters. The first-order valence-corrected chi connectivity index (χ1v) is 8.55. The monoisotopic (exact) mass is 460 g/mol. The molecule has 5 heteroatoms. The average Bonchev–Trinajstić information content (AvgIpc) is 2.51. The van der Waals surface area contributed by atoms with Crippen molar-refractivity contribution in [2.24, 2.45) is 5.84 Å². The Labute approximate surface area is 147 Å². The molecule has 0 aliphatic carbocycles. The van der Waals surface area contributed by atoms with Gasteiger partial charge in [-0.1, -0.05) is 28.1 Å². The number of rotatable bonds is 6. The second-order valence-corrected chi connectivity index (χ2v) is 6.87. The maximum absolute atomic E-state index is 5.74. The number of halogens is 2. The Bertz CT molecular complexity index is 589. The van der Waals surface area contributed by atoms with Gasteiger partial charge in [0, 0.05) is 14.1 Å². The molecule has 0 saturated heterocycles. The minimum atomic E-state index is 0.121. The van der Waals surface area contributed by atoms with Gasteiger partial charge in [-0.05, 0) is 76.9 Å². The van der Waals surface area contributed by atoms with Crippen molar-refractivity contribution < 1.29 is 4.74 Å². The molecule has 0 aromatic heterocycles. The van der Waals surface area contributed by atoms with Crippen molar-refractivity contribution in [3.05, 3.63) is 61.6 Å². The van der Waals surface area contributed by atoms with Crippen LogP contribution in [-0.2, 0) is 6.42 Å². The average molecular weight is 461 g/mol. The molecule has 0 heterocycles. The number of aryl methyl sites for hydroxylation is 1. The van der Waals surface area contributed by atoms with Crippen molar-refractivity contribution in [2.75, 3.05) is 7.11 Å². The summed E-state index contributed by atoms with van der Waals surface area (Å²) in [6.45, 7) is 0. The van der Waals surface area contributed by atoms with E-state index in [-0.39, 0.29) is 6.04 Å². The Morgan fingerprint density at radius 2 is 1.95 bits per heavy atom. The molecule has 0 bridgehead atoms. The highest BCUT2D eigenvalue weighted by atomic mass is 127. The first-order chi connectivity index (χ1) is 10.1. The lowest BCUT2D eigenvalue weighted by Crippen LogP contribution is -2.28. The second kappa shape index (κ2) is 8.12. The van der Waals surface area contributed by atoms with Crippen molar-refractivity contribution in [1.29, 1.82) is 0 Å². The van der Waals surface area contributed by atoms with Gasteiger partial charge in [0.05, 0.1) is 7.11 Å². The number of benzene rings is 2. The van der Waals surface area contributed by atoms with Gasteiger partial charge in [-0.25, -0.2) is 0 Å². The summed E-state index contributed by atoms with van der Waals surface area (Å²) in [4.78, 5) is 0. The summed E-state index contributed by atoms with van der Waals surface area (Å²) in [6.07, 6.45) is 1.89. The van der Waals surface area contributed by atoms with Crippen LogP contribution < -0.4 is 16.0 Å². The Balaban J connectivity index is 2.06. The molecule has 0 spiro atoms. The highest BCUT2D eigenvalue weighted by Crippen LogP contribution is 2.28. The molecule has 2 aromatic carbocycles. The molecular formula is C16H18BrIN2O. The maximum atomic E-state index is 5.74. The SMILES string of the molecule is COc1ccc(CCC(NN)c2cc(I)ccc2Br)cc1. The van der Waals surface area contributed by atoms with Gasteiger partial charge in [0.15, 0.2) is 0 Å². The van der Waals surface area contributed by atoms with E-state index in [2.05, 4.69) is 74.3 Å². The van der Waals surface area contributed by atoms with E-state index < -0.39 is 0 Å². The third-order valence-corrected chi connectivity index (χ3v) is 4.81. The molecule has 3 nitrogen and oxygen atoms in total. The van der Waals surface area contributed by atoms with Crippen molar-refractivity contribution in [3.8, 4) is 5.75 Å². The lowest BCUT2D eigenvalue weighted by atomic mass is 9.99. The van der Waals surface area contributed by atoms with Crippen LogP contribution in [0.1, 0.15) is 23.6 Å². The molecule has 2 rings (SSSR count). The van der Waals surface area contributed by atoms with E-state index in [1.165, 1.54) is 14.7 Å². The van der Waals surface area contributed by atoms with Gasteiger partial charge in [0.25, 0.3) is 0 Å². The number of hydrazine groups is 1. The van der Waals surface area contributed by atoms with Gasteiger partial charge in [-0.2, -0.15) is 0 Å². The number of nitrogens with two attached hydrogens (primary N) is 1. The molecule has 0 aliphatic rings. The van der Waals surface area contributed by atoms with Gasteiger partial charge >= 0.3 is 0 Å². The molecule has 0 fully saturated rings. The fourth-order valence-corrected chi connectivity index (χ4v) is 3.25. The van der Waals surface area contributed by atoms with Crippen LogP contribution in [-0.4, -0.2) is 7.11 Å². The van der Waals surface area contributed by atoms with Crippen LogP contribution in [0.5, 0.6) is 5.75 Å². The van der Waals surface area contributed by atoms with Gasteiger partial charge in [0.2, 0.25) is 0 Å².